The Morgan fingerprint density at radius 1 is 0.326 bits per heavy atom. The normalized spacial score (nSPS) is 56.6. The lowest BCUT2D eigenvalue weighted by Gasteiger charge is -2.47. The van der Waals surface area contributed by atoms with Crippen molar-refractivity contribution in [3.05, 3.63) is 0 Å². The lowest BCUT2D eigenvalue weighted by Crippen LogP contribution is -2.67. The molecule has 0 aromatic heterocycles. The molecule has 0 aromatic carbocycles. The monoisotopic (exact) mass is 638 g/mol. The Labute approximate surface area is 241 Å². The topological polar surface area (TPSA) is 359 Å². The molecule has 3 heterocycles. The number of hydrogen-bond acceptors (Lipinski definition) is 21. The van der Waals surface area contributed by atoms with Gasteiger partial charge in [-0.05, 0) is 0 Å². The van der Waals surface area contributed by atoms with Gasteiger partial charge in [-0.3, -0.25) is 0 Å². The molecule has 4 fully saturated rings. The molecule has 19 atom stereocenters. The van der Waals surface area contributed by atoms with Crippen LogP contribution < -0.4 is 0 Å². The first-order chi connectivity index (χ1) is 20.1. The zero-order chi connectivity index (χ0) is 32.1. The van der Waals surface area contributed by atoms with Gasteiger partial charge < -0.3 is 105 Å². The zero-order valence-corrected chi connectivity index (χ0v) is 22.0. The molecule has 3 aliphatic heterocycles. The van der Waals surface area contributed by atoms with Crippen LogP contribution in [0.2, 0.25) is 0 Å². The average Bonchev–Trinajstić information content (AvgIpc) is 2.99. The number of aliphatic hydroxyl groups excluding tert-OH is 15. The van der Waals surface area contributed by atoms with E-state index < -0.39 is 136 Å². The molecule has 0 spiro atoms. The smallest absolute Gasteiger partial charge is 0.192 e. The van der Waals surface area contributed by atoms with Gasteiger partial charge in [0.25, 0.3) is 0 Å². The van der Waals surface area contributed by atoms with Crippen molar-refractivity contribution in [1.29, 1.82) is 0 Å². The van der Waals surface area contributed by atoms with E-state index in [0.717, 1.165) is 0 Å². The maximum absolute atomic E-state index is 10.4. The number of hydrogen-bond donors (Lipinski definition) is 15. The second-order valence-corrected chi connectivity index (χ2v) is 10.7. The molecule has 0 radical (unpaired) electrons. The Bertz CT molecular complexity index is 883. The van der Waals surface area contributed by atoms with Crippen LogP contribution in [0.3, 0.4) is 0 Å². The molecule has 0 amide bonds. The van der Waals surface area contributed by atoms with E-state index in [-0.39, 0.29) is 0 Å². The average molecular weight is 639 g/mol. The minimum absolute atomic E-state index is 0.826. The summed E-state index contributed by atoms with van der Waals surface area (Å²) < 4.78 is 31.5. The van der Waals surface area contributed by atoms with Crippen molar-refractivity contribution in [2.24, 2.45) is 0 Å². The van der Waals surface area contributed by atoms with Gasteiger partial charge >= 0.3 is 0 Å². The second-order valence-electron chi connectivity index (χ2n) is 10.7. The van der Waals surface area contributed by atoms with E-state index in [2.05, 4.69) is 0 Å². The molecule has 1 aliphatic carbocycles. The minimum atomic E-state index is -2.14. The molecule has 0 bridgehead atoms. The summed E-state index contributed by atoms with van der Waals surface area (Å²) in [6.45, 7) is -0.826. The van der Waals surface area contributed by atoms with Crippen molar-refractivity contribution < 1.29 is 105 Å². The van der Waals surface area contributed by atoms with E-state index in [1.165, 1.54) is 0 Å². The summed E-state index contributed by atoms with van der Waals surface area (Å²) >= 11 is 0. The predicted octanol–water partition coefficient (Wildman–Crippen LogP) is -10.4. The van der Waals surface area contributed by atoms with E-state index >= 15 is 0 Å². The van der Waals surface area contributed by atoms with Crippen molar-refractivity contribution in [3.8, 4) is 0 Å². The molecule has 43 heavy (non-hydrogen) atoms. The van der Waals surface area contributed by atoms with E-state index in [4.69, 9.17) is 28.4 Å². The summed E-state index contributed by atoms with van der Waals surface area (Å²) in [6.07, 6.45) is -41.9. The Hall–Kier alpha value is -0.840. The van der Waals surface area contributed by atoms with Gasteiger partial charge in [0, 0.05) is 0 Å². The number of ether oxygens (including phenoxy) is 6. The highest BCUT2D eigenvalue weighted by molar-refractivity contribution is 5.00. The van der Waals surface area contributed by atoms with Gasteiger partial charge in [0.1, 0.15) is 97.7 Å². The van der Waals surface area contributed by atoms with Gasteiger partial charge in [-0.25, -0.2) is 0 Å². The first-order valence-corrected chi connectivity index (χ1v) is 13.2. The highest BCUT2D eigenvalue weighted by atomic mass is 16.9. The van der Waals surface area contributed by atoms with Crippen molar-refractivity contribution >= 4 is 0 Å². The van der Waals surface area contributed by atoms with Crippen LogP contribution >= 0.6 is 0 Å². The molecule has 0 aromatic rings. The van der Waals surface area contributed by atoms with Crippen LogP contribution in [0.5, 0.6) is 0 Å². The van der Waals surface area contributed by atoms with Crippen LogP contribution in [0, 0.1) is 0 Å². The Morgan fingerprint density at radius 2 is 0.605 bits per heavy atom. The Balaban J connectivity index is 1.47. The third kappa shape index (κ3) is 6.69. The molecule has 21 nitrogen and oxygen atoms in total. The zero-order valence-electron chi connectivity index (χ0n) is 22.0. The highest BCUT2D eigenvalue weighted by Gasteiger charge is 2.55. The fourth-order valence-corrected chi connectivity index (χ4v) is 5.04. The standard InChI is InChI=1S/C22H38O21/c23-1-2-3(24)4(25)12(33)18(38-2)40-20-15(36)9(30)16(37)22(42-20)43-21-14(35)8(29)13(34)19(41-21)39-17-10(31)6(27)5(26)7(28)11(17)32/h2-37H,1H2. The third-order valence-electron chi connectivity index (χ3n) is 7.80. The first-order valence-electron chi connectivity index (χ1n) is 13.2. The van der Waals surface area contributed by atoms with Crippen molar-refractivity contribution in [1.82, 2.24) is 0 Å². The van der Waals surface area contributed by atoms with Gasteiger partial charge in [0.2, 0.25) is 0 Å². The minimum Gasteiger partial charge on any atom is -0.394 e. The van der Waals surface area contributed by atoms with E-state index in [1.54, 1.807) is 0 Å². The summed E-state index contributed by atoms with van der Waals surface area (Å²) in [4.78, 5) is 0. The largest absolute Gasteiger partial charge is 0.394 e. The summed E-state index contributed by atoms with van der Waals surface area (Å²) in [6, 6.07) is 0. The Morgan fingerprint density at radius 3 is 0.977 bits per heavy atom. The molecule has 1 saturated carbocycles. The third-order valence-corrected chi connectivity index (χ3v) is 7.80. The fraction of sp³-hybridized carbons (Fsp3) is 1.00. The first kappa shape index (κ1) is 35.0. The van der Waals surface area contributed by atoms with Crippen LogP contribution in [0.1, 0.15) is 0 Å². The van der Waals surface area contributed by atoms with Crippen molar-refractivity contribution in [2.45, 2.75) is 129 Å². The SMILES string of the molecule is OCC1OC(OC2OC(OC3OC(OC4C(O)C(O)C(O)C(O)C4O)C(O)C(O)C3O)C(O)C(O)C2O)C(O)C(O)C1O. The molecule has 4 aliphatic rings. The molecule has 21 heteroatoms. The molecule has 252 valence electrons. The summed E-state index contributed by atoms with van der Waals surface area (Å²) in [5.41, 5.74) is 0. The second kappa shape index (κ2) is 13.9. The van der Waals surface area contributed by atoms with E-state index in [0.29, 0.717) is 0 Å². The molecular weight excluding hydrogens is 600 g/mol. The lowest BCUT2D eigenvalue weighted by atomic mass is 9.85. The molecule has 15 N–H and O–H groups in total. The summed E-state index contributed by atoms with van der Waals surface area (Å²) in [7, 11) is 0. The fourth-order valence-electron chi connectivity index (χ4n) is 5.04. The molecular formula is C22H38O21. The van der Waals surface area contributed by atoms with Crippen molar-refractivity contribution in [3.63, 3.8) is 0 Å². The van der Waals surface area contributed by atoms with Crippen LogP contribution in [-0.2, 0) is 28.4 Å². The lowest BCUT2D eigenvalue weighted by molar-refractivity contribution is -0.434. The Kier molecular flexibility index (Phi) is 11.3. The molecule has 3 saturated heterocycles. The van der Waals surface area contributed by atoms with Gasteiger partial charge in [-0.15, -0.1) is 0 Å². The quantitative estimate of drug-likeness (QED) is 0.123. The molecule has 4 rings (SSSR count). The van der Waals surface area contributed by atoms with Crippen LogP contribution in [0.25, 0.3) is 0 Å². The van der Waals surface area contributed by atoms with Gasteiger partial charge in [-0.2, -0.15) is 0 Å². The van der Waals surface area contributed by atoms with Crippen LogP contribution in [0.15, 0.2) is 0 Å². The number of rotatable bonds is 7. The molecule has 19 unspecified atom stereocenters. The van der Waals surface area contributed by atoms with E-state index in [1.807, 2.05) is 0 Å². The van der Waals surface area contributed by atoms with Crippen LogP contribution in [-0.4, -0.2) is 212 Å². The van der Waals surface area contributed by atoms with Crippen molar-refractivity contribution in [2.75, 3.05) is 6.61 Å². The highest BCUT2D eigenvalue weighted by Crippen LogP contribution is 2.33. The van der Waals surface area contributed by atoms with Gasteiger partial charge in [-0.1, -0.05) is 0 Å². The maximum atomic E-state index is 10.4. The van der Waals surface area contributed by atoms with E-state index in [9.17, 15) is 76.6 Å². The predicted molar refractivity (Wildman–Crippen MR) is 124 cm³/mol. The maximum Gasteiger partial charge on any atom is 0.192 e. The van der Waals surface area contributed by atoms with Gasteiger partial charge in [0.15, 0.2) is 31.5 Å². The number of aliphatic hydroxyl groups is 15. The van der Waals surface area contributed by atoms with Gasteiger partial charge in [0.05, 0.1) is 6.61 Å². The van der Waals surface area contributed by atoms with Crippen LogP contribution in [0.4, 0.5) is 0 Å². The summed E-state index contributed by atoms with van der Waals surface area (Å²) in [5.74, 6) is 0. The summed E-state index contributed by atoms with van der Waals surface area (Å²) in [5, 5.41) is 152.